The first kappa shape index (κ1) is 10.6. The average Bonchev–Trinajstić information content (AvgIpc) is 2.86. The van der Waals surface area contributed by atoms with Crippen molar-refractivity contribution < 1.29 is 14.3 Å². The number of hydrogen-bond acceptors (Lipinski definition) is 4. The molecule has 5 heteroatoms. The molecule has 1 aromatic rings. The molecule has 0 radical (unpaired) electrons. The molecule has 4 nitrogen and oxygen atoms in total. The highest BCUT2D eigenvalue weighted by atomic mass is 32.2. The van der Waals surface area contributed by atoms with Crippen molar-refractivity contribution in [3.05, 3.63) is 23.7 Å². The van der Waals surface area contributed by atoms with Crippen molar-refractivity contribution in [1.82, 2.24) is 5.32 Å². The van der Waals surface area contributed by atoms with Gasteiger partial charge >= 0.3 is 5.97 Å². The Labute approximate surface area is 92.0 Å². The number of furan rings is 1. The van der Waals surface area contributed by atoms with E-state index in [4.69, 9.17) is 9.52 Å². The molecular formula is C10H13NO3S. The van der Waals surface area contributed by atoms with Gasteiger partial charge in [-0.05, 0) is 24.3 Å². The van der Waals surface area contributed by atoms with Crippen LogP contribution in [0.25, 0.3) is 0 Å². The normalized spacial score (nSPS) is 20.7. The van der Waals surface area contributed by atoms with E-state index in [0.29, 0.717) is 18.3 Å². The van der Waals surface area contributed by atoms with Crippen LogP contribution in [0.3, 0.4) is 0 Å². The SMILES string of the molecule is O=C(O)c1ccc(CNC2CCSC2)o1. The van der Waals surface area contributed by atoms with Crippen molar-refractivity contribution in [2.75, 3.05) is 11.5 Å². The van der Waals surface area contributed by atoms with E-state index in [9.17, 15) is 4.79 Å². The van der Waals surface area contributed by atoms with Gasteiger partial charge in [-0.1, -0.05) is 0 Å². The van der Waals surface area contributed by atoms with Crippen molar-refractivity contribution in [1.29, 1.82) is 0 Å². The third kappa shape index (κ3) is 2.76. The Hall–Kier alpha value is -0.940. The second-order valence-corrected chi connectivity index (χ2v) is 4.66. The summed E-state index contributed by atoms with van der Waals surface area (Å²) >= 11 is 1.94. The molecule has 0 amide bonds. The number of aromatic carboxylic acids is 1. The lowest BCUT2D eigenvalue weighted by molar-refractivity contribution is 0.0660. The summed E-state index contributed by atoms with van der Waals surface area (Å²) in [5.41, 5.74) is 0. The van der Waals surface area contributed by atoms with E-state index >= 15 is 0 Å². The van der Waals surface area contributed by atoms with Crippen molar-refractivity contribution in [3.8, 4) is 0 Å². The standard InChI is InChI=1S/C10H13NO3S/c12-10(13)9-2-1-8(14-9)5-11-7-3-4-15-6-7/h1-2,7,11H,3-6H2,(H,12,13). The highest BCUT2D eigenvalue weighted by Crippen LogP contribution is 2.17. The van der Waals surface area contributed by atoms with E-state index < -0.39 is 5.97 Å². The first-order valence-electron chi connectivity index (χ1n) is 4.89. The monoisotopic (exact) mass is 227 g/mol. The predicted octanol–water partition coefficient (Wildman–Crippen LogP) is 1.57. The fourth-order valence-electron chi connectivity index (χ4n) is 1.53. The van der Waals surface area contributed by atoms with Gasteiger partial charge in [-0.3, -0.25) is 0 Å². The molecule has 2 rings (SSSR count). The third-order valence-corrected chi connectivity index (χ3v) is 3.53. The summed E-state index contributed by atoms with van der Waals surface area (Å²) < 4.78 is 5.14. The van der Waals surface area contributed by atoms with Crippen LogP contribution in [0.15, 0.2) is 16.5 Å². The lowest BCUT2D eigenvalue weighted by Crippen LogP contribution is -2.27. The van der Waals surface area contributed by atoms with Gasteiger partial charge in [0.05, 0.1) is 6.54 Å². The van der Waals surface area contributed by atoms with Gasteiger partial charge in [0.15, 0.2) is 0 Å². The van der Waals surface area contributed by atoms with Gasteiger partial charge in [0.1, 0.15) is 5.76 Å². The topological polar surface area (TPSA) is 62.5 Å². The van der Waals surface area contributed by atoms with Crippen LogP contribution in [-0.2, 0) is 6.54 Å². The molecule has 15 heavy (non-hydrogen) atoms. The van der Waals surface area contributed by atoms with Crippen LogP contribution in [0.2, 0.25) is 0 Å². The maximum Gasteiger partial charge on any atom is 0.371 e. The zero-order valence-electron chi connectivity index (χ0n) is 8.23. The Bertz CT molecular complexity index is 344. The van der Waals surface area contributed by atoms with E-state index in [1.165, 1.54) is 18.2 Å². The molecule has 82 valence electrons. The number of carboxylic acid groups (broad SMARTS) is 1. The predicted molar refractivity (Wildman–Crippen MR) is 58.2 cm³/mol. The molecule has 1 saturated heterocycles. The summed E-state index contributed by atoms with van der Waals surface area (Å²) in [6.07, 6.45) is 1.18. The highest BCUT2D eigenvalue weighted by Gasteiger charge is 2.15. The molecule has 1 aliphatic heterocycles. The minimum Gasteiger partial charge on any atom is -0.475 e. The minimum absolute atomic E-state index is 0.00703. The van der Waals surface area contributed by atoms with Crippen LogP contribution in [0.5, 0.6) is 0 Å². The summed E-state index contributed by atoms with van der Waals surface area (Å²) in [6, 6.07) is 3.73. The Kier molecular flexibility index (Phi) is 3.33. The van der Waals surface area contributed by atoms with Crippen molar-refractivity contribution in [2.45, 2.75) is 19.0 Å². The quantitative estimate of drug-likeness (QED) is 0.817. The van der Waals surface area contributed by atoms with Crippen LogP contribution in [0.1, 0.15) is 22.7 Å². The Balaban J connectivity index is 1.84. The summed E-state index contributed by atoms with van der Waals surface area (Å²) in [7, 11) is 0. The van der Waals surface area contributed by atoms with E-state index in [-0.39, 0.29) is 5.76 Å². The van der Waals surface area contributed by atoms with Gasteiger partial charge in [0.2, 0.25) is 5.76 Å². The molecule has 1 unspecified atom stereocenters. The summed E-state index contributed by atoms with van der Waals surface area (Å²) in [6.45, 7) is 0.610. The lowest BCUT2D eigenvalue weighted by Gasteiger charge is -2.08. The maximum atomic E-state index is 10.6. The van der Waals surface area contributed by atoms with Crippen LogP contribution in [0, 0.1) is 0 Å². The molecule has 0 spiro atoms. The molecule has 1 aliphatic rings. The van der Waals surface area contributed by atoms with Crippen LogP contribution in [0.4, 0.5) is 0 Å². The van der Waals surface area contributed by atoms with E-state index in [1.807, 2.05) is 11.8 Å². The zero-order chi connectivity index (χ0) is 10.7. The van der Waals surface area contributed by atoms with Gasteiger partial charge < -0.3 is 14.8 Å². The molecule has 0 aliphatic carbocycles. The number of carbonyl (C=O) groups is 1. The minimum atomic E-state index is -1.02. The molecule has 2 heterocycles. The van der Waals surface area contributed by atoms with Gasteiger partial charge in [-0.2, -0.15) is 11.8 Å². The second kappa shape index (κ2) is 4.72. The number of rotatable bonds is 4. The molecule has 1 atom stereocenters. The van der Waals surface area contributed by atoms with Gasteiger partial charge in [0, 0.05) is 11.8 Å². The van der Waals surface area contributed by atoms with Crippen LogP contribution < -0.4 is 5.32 Å². The number of thioether (sulfide) groups is 1. The number of nitrogens with one attached hydrogen (secondary N) is 1. The molecule has 0 bridgehead atoms. The fourth-order valence-corrected chi connectivity index (χ4v) is 2.72. The van der Waals surface area contributed by atoms with E-state index in [0.717, 1.165) is 5.75 Å². The van der Waals surface area contributed by atoms with Crippen molar-refractivity contribution >= 4 is 17.7 Å². The summed E-state index contributed by atoms with van der Waals surface area (Å²) in [5, 5.41) is 12.0. The van der Waals surface area contributed by atoms with Gasteiger partial charge in [0.25, 0.3) is 0 Å². The number of carboxylic acids is 1. The lowest BCUT2D eigenvalue weighted by atomic mass is 10.2. The molecule has 0 saturated carbocycles. The fraction of sp³-hybridized carbons (Fsp3) is 0.500. The Morgan fingerprint density at radius 3 is 3.13 bits per heavy atom. The van der Waals surface area contributed by atoms with E-state index in [2.05, 4.69) is 5.32 Å². The van der Waals surface area contributed by atoms with Crippen LogP contribution >= 0.6 is 11.8 Å². The van der Waals surface area contributed by atoms with Crippen molar-refractivity contribution in [3.63, 3.8) is 0 Å². The third-order valence-electron chi connectivity index (χ3n) is 2.37. The highest BCUT2D eigenvalue weighted by molar-refractivity contribution is 7.99. The number of hydrogen-bond donors (Lipinski definition) is 2. The van der Waals surface area contributed by atoms with Gasteiger partial charge in [-0.15, -0.1) is 0 Å². The van der Waals surface area contributed by atoms with Gasteiger partial charge in [-0.25, -0.2) is 4.79 Å². The summed E-state index contributed by atoms with van der Waals surface area (Å²) in [4.78, 5) is 10.6. The largest absolute Gasteiger partial charge is 0.475 e. The molecule has 1 fully saturated rings. The smallest absolute Gasteiger partial charge is 0.371 e. The first-order chi connectivity index (χ1) is 7.25. The molecule has 0 aromatic carbocycles. The molecular weight excluding hydrogens is 214 g/mol. The van der Waals surface area contributed by atoms with Crippen LogP contribution in [-0.4, -0.2) is 28.6 Å². The van der Waals surface area contributed by atoms with E-state index in [1.54, 1.807) is 6.07 Å². The summed E-state index contributed by atoms with van der Waals surface area (Å²) in [5.74, 6) is 2.01. The second-order valence-electron chi connectivity index (χ2n) is 3.51. The average molecular weight is 227 g/mol. The van der Waals surface area contributed by atoms with Crippen molar-refractivity contribution in [2.24, 2.45) is 0 Å². The maximum absolute atomic E-state index is 10.6. The zero-order valence-corrected chi connectivity index (χ0v) is 9.05. The first-order valence-corrected chi connectivity index (χ1v) is 6.04. The Morgan fingerprint density at radius 2 is 2.53 bits per heavy atom. The molecule has 1 aromatic heterocycles. The Morgan fingerprint density at radius 1 is 1.67 bits per heavy atom. The molecule has 2 N–H and O–H groups in total.